The normalized spacial score (nSPS) is 19.7. The van der Waals surface area contributed by atoms with Gasteiger partial charge in [0.2, 0.25) is 76.8 Å². The molecule has 0 aromatic heterocycles. The lowest BCUT2D eigenvalue weighted by molar-refractivity contribution is -0.141. The molecule has 0 saturated carbocycles. The minimum atomic E-state index is -1.81. The summed E-state index contributed by atoms with van der Waals surface area (Å²) < 4.78 is 42.8. The van der Waals surface area contributed by atoms with Gasteiger partial charge in [-0.2, -0.15) is 0 Å². The summed E-state index contributed by atoms with van der Waals surface area (Å²) in [4.78, 5) is 185. The Bertz CT molecular complexity index is 2900. The van der Waals surface area contributed by atoms with Crippen LogP contribution in [0.15, 0.2) is 30.3 Å². The Morgan fingerprint density at radius 2 is 0.933 bits per heavy atom. The fraction of sp³-hybridized carbons (Fsp3) is 0.661. The molecule has 105 heavy (non-hydrogen) atoms. The van der Waals surface area contributed by atoms with Crippen molar-refractivity contribution in [2.24, 2.45) is 17.2 Å². The zero-order chi connectivity index (χ0) is 76.8. The van der Waals surface area contributed by atoms with Crippen LogP contribution in [0, 0.1) is 5.41 Å². The van der Waals surface area contributed by atoms with Gasteiger partial charge in [0.1, 0.15) is 68.7 Å². The number of unbranched alkanes of at least 4 members (excludes halogenated alkanes) is 1. The molecule has 3 rings (SSSR count). The molecular formula is C62H101N17O23S3. The summed E-state index contributed by atoms with van der Waals surface area (Å²) in [7, 11) is 1.87. The van der Waals surface area contributed by atoms with E-state index in [1.54, 1.807) is 30.3 Å². The number of carbonyl (C=O) groups excluding carboxylic acids is 13. The Kier molecular flexibility index (Phi) is 48.6. The number of amides is 13. The largest absolute Gasteiger partial charge is 0.481 e. The molecule has 2 saturated heterocycles. The van der Waals surface area contributed by atoms with Crippen molar-refractivity contribution in [3.63, 3.8) is 0 Å². The summed E-state index contributed by atoms with van der Waals surface area (Å²) in [6.45, 7) is 1.00. The fourth-order valence-corrected chi connectivity index (χ4v) is 12.2. The van der Waals surface area contributed by atoms with Gasteiger partial charge in [-0.3, -0.25) is 72.5 Å². The highest BCUT2D eigenvalue weighted by molar-refractivity contribution is 8.76. The van der Waals surface area contributed by atoms with Crippen molar-refractivity contribution in [3.05, 3.63) is 35.9 Å². The molecule has 2 heterocycles. The fourth-order valence-electron chi connectivity index (χ4n) is 9.06. The van der Waals surface area contributed by atoms with E-state index in [-0.39, 0.29) is 193 Å². The molecule has 43 heteroatoms. The molecule has 40 nitrogen and oxygen atoms in total. The lowest BCUT2D eigenvalue weighted by Gasteiger charge is -2.27. The second-order valence-electron chi connectivity index (χ2n) is 22.9. The van der Waals surface area contributed by atoms with E-state index in [1.807, 2.05) is 0 Å². The zero-order valence-electron chi connectivity index (χ0n) is 58.4. The number of nitrogens with two attached hydrogens (primary N) is 3. The van der Waals surface area contributed by atoms with E-state index in [0.29, 0.717) is 25.0 Å². The highest BCUT2D eigenvalue weighted by atomic mass is 33.1. The predicted molar refractivity (Wildman–Crippen MR) is 381 cm³/mol. The van der Waals surface area contributed by atoms with Gasteiger partial charge >= 0.3 is 5.97 Å². The van der Waals surface area contributed by atoms with Gasteiger partial charge in [-0.1, -0.05) is 51.9 Å². The van der Waals surface area contributed by atoms with Crippen LogP contribution in [0.3, 0.4) is 0 Å². The monoisotopic (exact) mass is 1550 g/mol. The van der Waals surface area contributed by atoms with E-state index in [0.717, 1.165) is 33.3 Å². The van der Waals surface area contributed by atoms with Crippen molar-refractivity contribution in [1.29, 1.82) is 5.41 Å². The number of carbonyl (C=O) groups is 14. The number of primary amides is 1. The molecule has 2 bridgehead atoms. The molecule has 0 unspecified atom stereocenters. The van der Waals surface area contributed by atoms with Crippen LogP contribution >= 0.6 is 33.3 Å². The number of nitrogens with one attached hydrogen (secondary N) is 14. The lowest BCUT2D eigenvalue weighted by Crippen LogP contribution is -2.60. The standard InChI is InChI=1S/C62H101N17O23S3/c63-11-5-4-9-42-57(90)78-46-37-104-105-38-47(79-59(92)44(30-54(86)87)74-49(81)31-72-55(88)41(75-60(46)93)10-6-12-71-62(65)66)61(94)76-43(29-40-7-2-1-3-8-40)58(91)77-45(36-103-39-53(85)73-42)56(89)70-16-20-98-24-28-100-27-23-97-19-15-69-52(84)35-102-34-51(83)68-14-18-96-22-26-99-25-21-95-17-13-67-50(82)33-101-32-48(64)80/h1-3,7-8,41-47H,4-6,9-39,63H2,(H2,64,80)(H,67,82)(H,68,83)(H,69,84)(H,70,89)(H,72,88)(H,73,85)(H,74,81)(H,75,93)(H,76,94)(H,77,91)(H,78,90)(H,79,92)(H,86,87)(H4,65,66,71)/t41-,42-,43-,44-,45-,46-,47-/m0/s1. The third kappa shape index (κ3) is 44.4. The van der Waals surface area contributed by atoms with E-state index in [2.05, 4.69) is 69.1 Å². The van der Waals surface area contributed by atoms with Gasteiger partial charge in [0, 0.05) is 56.4 Å². The number of thioether (sulfide) groups is 1. The Morgan fingerprint density at radius 3 is 1.44 bits per heavy atom. The van der Waals surface area contributed by atoms with Crippen molar-refractivity contribution >= 4 is 122 Å². The minimum absolute atomic E-state index is 0.0189. The van der Waals surface area contributed by atoms with Gasteiger partial charge in [0.15, 0.2) is 5.96 Å². The highest BCUT2D eigenvalue weighted by Crippen LogP contribution is 2.24. The van der Waals surface area contributed by atoms with Crippen LogP contribution in [0.1, 0.15) is 44.1 Å². The van der Waals surface area contributed by atoms with Crippen molar-refractivity contribution in [2.75, 3.05) is 175 Å². The van der Waals surface area contributed by atoms with E-state index < -0.39 is 138 Å². The summed E-state index contributed by atoms with van der Waals surface area (Å²) in [6.07, 6.45) is -0.228. The number of fused-ring (bicyclic) bond motifs is 5. The van der Waals surface area contributed by atoms with Crippen molar-refractivity contribution in [3.8, 4) is 0 Å². The van der Waals surface area contributed by atoms with Crippen molar-refractivity contribution in [1.82, 2.24) is 69.1 Å². The number of hydrogen-bond acceptors (Lipinski definition) is 27. The minimum Gasteiger partial charge on any atom is -0.481 e. The van der Waals surface area contributed by atoms with Crippen molar-refractivity contribution < 1.29 is 110 Å². The highest BCUT2D eigenvalue weighted by Gasteiger charge is 2.35. The van der Waals surface area contributed by atoms with Gasteiger partial charge in [-0.05, 0) is 44.2 Å². The molecule has 21 N–H and O–H groups in total. The molecule has 590 valence electrons. The second kappa shape index (κ2) is 56.1. The quantitative estimate of drug-likeness (QED) is 0.0125. The topological polar surface area (TPSA) is 591 Å². The maximum absolute atomic E-state index is 14.6. The van der Waals surface area contributed by atoms with E-state index >= 15 is 0 Å². The van der Waals surface area contributed by atoms with Crippen molar-refractivity contribution in [2.45, 2.75) is 87.2 Å². The van der Waals surface area contributed by atoms with Crippen LogP contribution in [-0.2, 0) is 111 Å². The van der Waals surface area contributed by atoms with Crippen LogP contribution in [0.25, 0.3) is 0 Å². The molecule has 0 aliphatic carbocycles. The molecule has 2 aliphatic heterocycles. The molecular weight excluding hydrogens is 1450 g/mol. The van der Waals surface area contributed by atoms with Gasteiger partial charge in [0.05, 0.1) is 98.0 Å². The molecule has 2 aliphatic rings. The first-order valence-corrected chi connectivity index (χ1v) is 37.4. The predicted octanol–water partition coefficient (Wildman–Crippen LogP) is -8.17. The Hall–Kier alpha value is -8.24. The first-order chi connectivity index (χ1) is 50.5. The number of ether oxygens (including phenoxy) is 8. The third-order valence-electron chi connectivity index (χ3n) is 14.2. The number of carboxylic acid groups (broad SMARTS) is 1. The summed E-state index contributed by atoms with van der Waals surface area (Å²) in [5.74, 6) is -13.0. The van der Waals surface area contributed by atoms with Crippen LogP contribution in [-0.4, -0.2) is 311 Å². The Balaban J connectivity index is 1.57. The number of carboxylic acids is 1. The SMILES string of the molecule is N=C(N)NCCC[C@@H]1NC(=O)[C@@H]2CSSC[C@H](NC(=O)[C@H](CC(=O)O)NC(=O)CNC1=O)C(=O)N[C@@H](Cc1ccccc1)C(=O)N[C@H](C(=O)NCCOCCOCCOCCNC(=O)COCC(=O)NCCOCCOCCOCCNC(=O)COCC(N)=O)CSCC(=O)N[C@@H](CCCCN)C(=O)N2. The first kappa shape index (κ1) is 91.0. The number of hydrogen-bond donors (Lipinski definition) is 18. The van der Waals surface area contributed by atoms with Crippen LogP contribution in [0.2, 0.25) is 0 Å². The molecule has 1 aromatic rings. The molecule has 0 spiro atoms. The summed E-state index contributed by atoms with van der Waals surface area (Å²) in [5.41, 5.74) is 16.7. The molecule has 2 fully saturated rings. The van der Waals surface area contributed by atoms with Gasteiger partial charge in [-0.15, -0.1) is 11.8 Å². The average molecular weight is 1550 g/mol. The lowest BCUT2D eigenvalue weighted by atomic mass is 10.0. The molecule has 13 amide bonds. The second-order valence-corrected chi connectivity index (χ2v) is 26.5. The maximum Gasteiger partial charge on any atom is 0.305 e. The van der Waals surface area contributed by atoms with Crippen LogP contribution < -0.4 is 86.3 Å². The molecule has 0 radical (unpaired) electrons. The number of guanidine groups is 1. The van der Waals surface area contributed by atoms with E-state index in [9.17, 15) is 72.2 Å². The zero-order valence-corrected chi connectivity index (χ0v) is 60.8. The number of benzene rings is 1. The third-order valence-corrected chi connectivity index (χ3v) is 17.7. The van der Waals surface area contributed by atoms with Crippen LogP contribution in [0.4, 0.5) is 0 Å². The Morgan fingerprint density at radius 1 is 0.476 bits per heavy atom. The average Bonchev–Trinajstić information content (AvgIpc) is 1.35. The number of rotatable bonds is 45. The first-order valence-electron chi connectivity index (χ1n) is 33.8. The smallest absolute Gasteiger partial charge is 0.305 e. The molecule has 7 atom stereocenters. The van der Waals surface area contributed by atoms with Gasteiger partial charge < -0.3 is 129 Å². The number of aliphatic carboxylic acids is 1. The maximum atomic E-state index is 14.6. The van der Waals surface area contributed by atoms with E-state index in [4.69, 9.17) is 60.5 Å². The Labute approximate surface area is 618 Å². The summed E-state index contributed by atoms with van der Waals surface area (Å²) in [6, 6.07) is -1.87. The van der Waals surface area contributed by atoms with Gasteiger partial charge in [0.25, 0.3) is 0 Å². The molecule has 1 aromatic carbocycles. The van der Waals surface area contributed by atoms with E-state index in [1.165, 1.54) is 0 Å². The van der Waals surface area contributed by atoms with Crippen LogP contribution in [0.5, 0.6) is 0 Å². The summed E-state index contributed by atoms with van der Waals surface area (Å²) in [5, 5.41) is 50.8. The summed E-state index contributed by atoms with van der Waals surface area (Å²) >= 11 is 0.919. The van der Waals surface area contributed by atoms with Gasteiger partial charge in [-0.25, -0.2) is 0 Å².